The Morgan fingerprint density at radius 1 is 1.44 bits per heavy atom. The second kappa shape index (κ2) is 7.68. The third-order valence-corrected chi connectivity index (χ3v) is 2.41. The summed E-state index contributed by atoms with van der Waals surface area (Å²) >= 11 is 0. The molecule has 100 valence electrons. The molecule has 1 rings (SSSR count). The van der Waals surface area contributed by atoms with Crippen molar-refractivity contribution in [2.75, 3.05) is 26.3 Å². The predicted octanol–water partition coefficient (Wildman–Crippen LogP) is 0.796. The Morgan fingerprint density at radius 3 is 2.94 bits per heavy atom. The van der Waals surface area contributed by atoms with Gasteiger partial charge in [-0.2, -0.15) is 0 Å². The van der Waals surface area contributed by atoms with Gasteiger partial charge in [0.15, 0.2) is 0 Å². The van der Waals surface area contributed by atoms with E-state index in [0.717, 1.165) is 12.0 Å². The summed E-state index contributed by atoms with van der Waals surface area (Å²) in [6, 6.07) is 4.94. The normalized spacial score (nSPS) is 10.3. The Labute approximate surface area is 107 Å². The zero-order valence-electron chi connectivity index (χ0n) is 10.6. The fraction of sp³-hybridized carbons (Fsp3) is 0.462. The van der Waals surface area contributed by atoms with Crippen LogP contribution in [0, 0.1) is 6.92 Å². The molecule has 0 spiro atoms. The van der Waals surface area contributed by atoms with Crippen LogP contribution in [-0.2, 0) is 4.74 Å². The van der Waals surface area contributed by atoms with E-state index in [4.69, 9.17) is 10.5 Å². The van der Waals surface area contributed by atoms with Crippen LogP contribution in [0.2, 0.25) is 0 Å². The third-order valence-electron chi connectivity index (χ3n) is 2.41. The minimum Gasteiger partial charge on any atom is -0.507 e. The van der Waals surface area contributed by atoms with Crippen molar-refractivity contribution in [2.24, 2.45) is 5.73 Å². The van der Waals surface area contributed by atoms with Gasteiger partial charge in [0.05, 0.1) is 12.2 Å². The lowest BCUT2D eigenvalue weighted by atomic mass is 10.1. The Bertz CT molecular complexity index is 394. The minimum atomic E-state index is -0.268. The molecule has 0 saturated carbocycles. The molecule has 0 bridgehead atoms. The molecule has 0 aliphatic rings. The SMILES string of the molecule is Cc1ccc(O)c(C(=O)NCCCOCCN)c1. The predicted molar refractivity (Wildman–Crippen MR) is 69.7 cm³/mol. The van der Waals surface area contributed by atoms with Gasteiger partial charge in [-0.05, 0) is 25.5 Å². The molecule has 5 nitrogen and oxygen atoms in total. The summed E-state index contributed by atoms with van der Waals surface area (Å²) in [4.78, 5) is 11.8. The van der Waals surface area contributed by atoms with E-state index in [0.29, 0.717) is 31.9 Å². The first-order chi connectivity index (χ1) is 8.65. The number of nitrogens with two attached hydrogens (primary N) is 1. The number of aromatic hydroxyl groups is 1. The summed E-state index contributed by atoms with van der Waals surface area (Å²) in [5.41, 5.74) is 6.51. The van der Waals surface area contributed by atoms with Crippen LogP contribution in [0.3, 0.4) is 0 Å². The van der Waals surface area contributed by atoms with E-state index in [1.807, 2.05) is 6.92 Å². The molecule has 1 amide bonds. The van der Waals surface area contributed by atoms with Gasteiger partial charge in [0.25, 0.3) is 5.91 Å². The quantitative estimate of drug-likeness (QED) is 0.627. The molecular formula is C13H20N2O3. The van der Waals surface area contributed by atoms with Crippen molar-refractivity contribution in [1.29, 1.82) is 0 Å². The summed E-state index contributed by atoms with van der Waals surface area (Å²) in [6.45, 7) is 3.99. The maximum atomic E-state index is 11.8. The Kier molecular flexibility index (Phi) is 6.18. The monoisotopic (exact) mass is 252 g/mol. The first kappa shape index (κ1) is 14.5. The fourth-order valence-corrected chi connectivity index (χ4v) is 1.49. The second-order valence-corrected chi connectivity index (χ2v) is 4.03. The van der Waals surface area contributed by atoms with Crippen LogP contribution in [0.4, 0.5) is 0 Å². The molecule has 1 aromatic rings. The van der Waals surface area contributed by atoms with Gasteiger partial charge in [0.1, 0.15) is 5.75 Å². The molecule has 0 radical (unpaired) electrons. The van der Waals surface area contributed by atoms with Gasteiger partial charge in [-0.15, -0.1) is 0 Å². The van der Waals surface area contributed by atoms with Crippen molar-refractivity contribution in [1.82, 2.24) is 5.32 Å². The van der Waals surface area contributed by atoms with E-state index in [2.05, 4.69) is 5.32 Å². The van der Waals surface area contributed by atoms with Gasteiger partial charge < -0.3 is 20.9 Å². The zero-order valence-corrected chi connectivity index (χ0v) is 10.6. The number of carbonyl (C=O) groups excluding carboxylic acids is 1. The standard InChI is InChI=1S/C13H20N2O3/c1-10-3-4-12(16)11(9-10)13(17)15-6-2-7-18-8-5-14/h3-4,9,16H,2,5-8,14H2,1H3,(H,15,17). The number of amides is 1. The summed E-state index contributed by atoms with van der Waals surface area (Å²) < 4.78 is 5.19. The van der Waals surface area contributed by atoms with Crippen LogP contribution < -0.4 is 11.1 Å². The van der Waals surface area contributed by atoms with Gasteiger partial charge in [0.2, 0.25) is 0 Å². The van der Waals surface area contributed by atoms with Gasteiger partial charge in [0, 0.05) is 19.7 Å². The third kappa shape index (κ3) is 4.73. The van der Waals surface area contributed by atoms with Gasteiger partial charge >= 0.3 is 0 Å². The van der Waals surface area contributed by atoms with Crippen molar-refractivity contribution in [3.63, 3.8) is 0 Å². The molecule has 5 heteroatoms. The highest BCUT2D eigenvalue weighted by Crippen LogP contribution is 2.17. The average Bonchev–Trinajstić information content (AvgIpc) is 2.36. The van der Waals surface area contributed by atoms with E-state index in [-0.39, 0.29) is 11.7 Å². The second-order valence-electron chi connectivity index (χ2n) is 4.03. The van der Waals surface area contributed by atoms with Crippen molar-refractivity contribution in [3.8, 4) is 5.75 Å². The maximum absolute atomic E-state index is 11.8. The maximum Gasteiger partial charge on any atom is 0.255 e. The summed E-state index contributed by atoms with van der Waals surface area (Å²) in [6.07, 6.45) is 0.721. The number of phenols is 1. The average molecular weight is 252 g/mol. The molecule has 0 saturated heterocycles. The van der Waals surface area contributed by atoms with Crippen LogP contribution in [0.25, 0.3) is 0 Å². The first-order valence-corrected chi connectivity index (χ1v) is 6.00. The first-order valence-electron chi connectivity index (χ1n) is 6.00. The lowest BCUT2D eigenvalue weighted by Crippen LogP contribution is -2.25. The number of nitrogens with one attached hydrogen (secondary N) is 1. The lowest BCUT2D eigenvalue weighted by molar-refractivity contribution is 0.0940. The van der Waals surface area contributed by atoms with Crippen LogP contribution in [-0.4, -0.2) is 37.3 Å². The van der Waals surface area contributed by atoms with Crippen molar-refractivity contribution in [2.45, 2.75) is 13.3 Å². The van der Waals surface area contributed by atoms with E-state index in [1.165, 1.54) is 6.07 Å². The molecule has 0 aliphatic carbocycles. The molecule has 0 heterocycles. The van der Waals surface area contributed by atoms with E-state index in [1.54, 1.807) is 12.1 Å². The topological polar surface area (TPSA) is 84.6 Å². The Hall–Kier alpha value is -1.59. The number of aryl methyl sites for hydroxylation is 1. The van der Waals surface area contributed by atoms with Crippen LogP contribution in [0.5, 0.6) is 5.75 Å². The van der Waals surface area contributed by atoms with E-state index in [9.17, 15) is 9.90 Å². The number of hydrogen-bond donors (Lipinski definition) is 3. The molecule has 0 aromatic heterocycles. The largest absolute Gasteiger partial charge is 0.507 e. The fourth-order valence-electron chi connectivity index (χ4n) is 1.49. The molecule has 0 atom stereocenters. The van der Waals surface area contributed by atoms with E-state index < -0.39 is 0 Å². The smallest absolute Gasteiger partial charge is 0.255 e. The molecule has 0 unspecified atom stereocenters. The zero-order chi connectivity index (χ0) is 13.4. The van der Waals surface area contributed by atoms with Gasteiger partial charge in [-0.25, -0.2) is 0 Å². The van der Waals surface area contributed by atoms with E-state index >= 15 is 0 Å². The number of ether oxygens (including phenoxy) is 1. The number of carbonyl (C=O) groups is 1. The molecule has 0 aliphatic heterocycles. The minimum absolute atomic E-state index is 0.00233. The highest BCUT2D eigenvalue weighted by molar-refractivity contribution is 5.96. The van der Waals surface area contributed by atoms with Gasteiger partial charge in [-0.3, -0.25) is 4.79 Å². The molecule has 4 N–H and O–H groups in total. The van der Waals surface area contributed by atoms with Crippen molar-refractivity contribution >= 4 is 5.91 Å². The van der Waals surface area contributed by atoms with Crippen molar-refractivity contribution < 1.29 is 14.6 Å². The highest BCUT2D eigenvalue weighted by atomic mass is 16.5. The summed E-state index contributed by atoms with van der Waals surface area (Å²) in [5, 5.41) is 12.3. The molecule has 1 aromatic carbocycles. The lowest BCUT2D eigenvalue weighted by Gasteiger charge is -2.07. The number of rotatable bonds is 7. The Morgan fingerprint density at radius 2 is 2.22 bits per heavy atom. The van der Waals surface area contributed by atoms with Crippen molar-refractivity contribution in [3.05, 3.63) is 29.3 Å². The highest BCUT2D eigenvalue weighted by Gasteiger charge is 2.10. The van der Waals surface area contributed by atoms with Crippen LogP contribution in [0.15, 0.2) is 18.2 Å². The number of phenolic OH excluding ortho intramolecular Hbond substituents is 1. The van der Waals surface area contributed by atoms with Crippen LogP contribution >= 0.6 is 0 Å². The molecular weight excluding hydrogens is 232 g/mol. The molecule has 0 fully saturated rings. The summed E-state index contributed by atoms with van der Waals surface area (Å²) in [7, 11) is 0. The number of benzene rings is 1. The molecule has 18 heavy (non-hydrogen) atoms. The summed E-state index contributed by atoms with van der Waals surface area (Å²) in [5.74, 6) is -0.271. The van der Waals surface area contributed by atoms with Crippen LogP contribution in [0.1, 0.15) is 22.3 Å². The van der Waals surface area contributed by atoms with Gasteiger partial charge in [-0.1, -0.05) is 11.6 Å². The Balaban J connectivity index is 2.34. The number of hydrogen-bond acceptors (Lipinski definition) is 4.